The molecule has 0 aliphatic carbocycles. The Labute approximate surface area is 153 Å². The number of nitrogens with zero attached hydrogens (tertiary/aromatic N) is 3. The Hall–Kier alpha value is -2.19. The molecule has 0 bridgehead atoms. The average molecular weight is 376 g/mol. The third-order valence-electron chi connectivity index (χ3n) is 3.59. The highest BCUT2D eigenvalue weighted by molar-refractivity contribution is 7.99. The van der Waals surface area contributed by atoms with Crippen LogP contribution in [0.3, 0.4) is 0 Å². The smallest absolute Gasteiger partial charge is 0.231 e. The number of thiophene rings is 1. The van der Waals surface area contributed by atoms with Crippen molar-refractivity contribution in [1.82, 2.24) is 20.1 Å². The highest BCUT2D eigenvalue weighted by Gasteiger charge is 2.18. The number of nitrogens with one attached hydrogen (secondary N) is 1. The van der Waals surface area contributed by atoms with E-state index in [9.17, 15) is 9.18 Å². The monoisotopic (exact) mass is 376 g/mol. The van der Waals surface area contributed by atoms with Crippen molar-refractivity contribution in [3.05, 3.63) is 64.4 Å². The Balaban J connectivity index is 1.70. The zero-order chi connectivity index (χ0) is 17.6. The van der Waals surface area contributed by atoms with Crippen LogP contribution in [0.5, 0.6) is 0 Å². The molecular formula is C17H17FN4OS2. The fourth-order valence-corrected chi connectivity index (χ4v) is 3.93. The topological polar surface area (TPSA) is 59.8 Å². The second-order valence-corrected chi connectivity index (χ2v) is 7.18. The van der Waals surface area contributed by atoms with Crippen molar-refractivity contribution in [2.45, 2.75) is 24.7 Å². The van der Waals surface area contributed by atoms with Crippen LogP contribution >= 0.6 is 23.1 Å². The van der Waals surface area contributed by atoms with E-state index in [2.05, 4.69) is 15.5 Å². The summed E-state index contributed by atoms with van der Waals surface area (Å²) in [5.74, 6) is -0.172. The van der Waals surface area contributed by atoms with E-state index in [0.29, 0.717) is 5.16 Å². The fourth-order valence-electron chi connectivity index (χ4n) is 2.34. The standard InChI is InChI=1S/C17H17FN4OS2/c1-2-22-11-19-21-17(22)25-10-15(23)20-16(14-4-3-9-24-14)12-5-7-13(18)8-6-12/h3-9,11,16H,2,10H2,1H3,(H,20,23)/t16-/m0/s1. The van der Waals surface area contributed by atoms with E-state index < -0.39 is 0 Å². The predicted octanol–water partition coefficient (Wildman–Crippen LogP) is 3.50. The van der Waals surface area contributed by atoms with Crippen LogP contribution in [0.25, 0.3) is 0 Å². The van der Waals surface area contributed by atoms with E-state index >= 15 is 0 Å². The van der Waals surface area contributed by atoms with Gasteiger partial charge in [0.05, 0.1) is 11.8 Å². The lowest BCUT2D eigenvalue weighted by atomic mass is 10.1. The van der Waals surface area contributed by atoms with Crippen molar-refractivity contribution in [1.29, 1.82) is 0 Å². The lowest BCUT2D eigenvalue weighted by Gasteiger charge is -2.18. The molecule has 2 aromatic heterocycles. The summed E-state index contributed by atoms with van der Waals surface area (Å²) in [6, 6.07) is 9.79. The van der Waals surface area contributed by atoms with Gasteiger partial charge in [-0.1, -0.05) is 30.0 Å². The van der Waals surface area contributed by atoms with Crippen molar-refractivity contribution in [3.63, 3.8) is 0 Å². The Morgan fingerprint density at radius 3 is 2.84 bits per heavy atom. The number of carbonyl (C=O) groups is 1. The van der Waals surface area contributed by atoms with Crippen molar-refractivity contribution in [3.8, 4) is 0 Å². The van der Waals surface area contributed by atoms with E-state index in [1.165, 1.54) is 23.9 Å². The van der Waals surface area contributed by atoms with Gasteiger partial charge in [-0.3, -0.25) is 4.79 Å². The Kier molecular flexibility index (Phi) is 5.83. The van der Waals surface area contributed by atoms with Gasteiger partial charge in [0, 0.05) is 11.4 Å². The number of rotatable bonds is 7. The van der Waals surface area contributed by atoms with Crippen LogP contribution in [-0.4, -0.2) is 26.4 Å². The van der Waals surface area contributed by atoms with Crippen molar-refractivity contribution >= 4 is 29.0 Å². The molecule has 0 aliphatic heterocycles. The molecule has 0 saturated heterocycles. The Bertz CT molecular complexity index is 818. The number of aryl methyl sites for hydroxylation is 1. The first kappa shape index (κ1) is 17.6. The van der Waals surface area contributed by atoms with Gasteiger partial charge in [-0.05, 0) is 36.1 Å². The number of halogens is 1. The number of hydrogen-bond donors (Lipinski definition) is 1. The van der Waals surface area contributed by atoms with E-state index in [4.69, 9.17) is 0 Å². The van der Waals surface area contributed by atoms with Crippen LogP contribution in [0.15, 0.2) is 53.3 Å². The Morgan fingerprint density at radius 1 is 1.36 bits per heavy atom. The third-order valence-corrected chi connectivity index (χ3v) is 5.51. The number of amides is 1. The van der Waals surface area contributed by atoms with Crippen LogP contribution in [0.4, 0.5) is 4.39 Å². The van der Waals surface area contributed by atoms with Crippen molar-refractivity contribution < 1.29 is 9.18 Å². The first-order valence-electron chi connectivity index (χ1n) is 7.76. The lowest BCUT2D eigenvalue weighted by molar-refractivity contribution is -0.119. The van der Waals surface area contributed by atoms with E-state index in [-0.39, 0.29) is 23.5 Å². The number of hydrogen-bond acceptors (Lipinski definition) is 5. The van der Waals surface area contributed by atoms with Gasteiger partial charge in [0.25, 0.3) is 0 Å². The van der Waals surface area contributed by atoms with Gasteiger partial charge in [0.2, 0.25) is 5.91 Å². The summed E-state index contributed by atoms with van der Waals surface area (Å²) in [7, 11) is 0. The molecule has 0 aliphatic rings. The van der Waals surface area contributed by atoms with Crippen LogP contribution in [0.1, 0.15) is 23.4 Å². The average Bonchev–Trinajstić information content (AvgIpc) is 3.30. The maximum absolute atomic E-state index is 13.2. The van der Waals surface area contributed by atoms with Gasteiger partial charge in [0.1, 0.15) is 12.1 Å². The lowest BCUT2D eigenvalue weighted by Crippen LogP contribution is -2.30. The number of thioether (sulfide) groups is 1. The van der Waals surface area contributed by atoms with Gasteiger partial charge >= 0.3 is 0 Å². The van der Waals surface area contributed by atoms with Gasteiger partial charge in [-0.15, -0.1) is 21.5 Å². The summed E-state index contributed by atoms with van der Waals surface area (Å²) in [5, 5.41) is 13.6. The molecule has 3 aromatic rings. The molecule has 1 amide bonds. The van der Waals surface area contributed by atoms with E-state index in [0.717, 1.165) is 17.0 Å². The molecule has 0 spiro atoms. The fraction of sp³-hybridized carbons (Fsp3) is 0.235. The summed E-state index contributed by atoms with van der Waals surface area (Å²) in [6.07, 6.45) is 1.65. The molecule has 1 atom stereocenters. The molecule has 2 heterocycles. The largest absolute Gasteiger partial charge is 0.344 e. The molecule has 8 heteroatoms. The van der Waals surface area contributed by atoms with Gasteiger partial charge in [-0.2, -0.15) is 0 Å². The molecule has 0 radical (unpaired) electrons. The van der Waals surface area contributed by atoms with E-state index in [1.54, 1.807) is 29.8 Å². The molecule has 0 unspecified atom stereocenters. The quantitative estimate of drug-likeness (QED) is 0.641. The zero-order valence-electron chi connectivity index (χ0n) is 13.6. The molecule has 1 aromatic carbocycles. The minimum atomic E-state index is -0.297. The zero-order valence-corrected chi connectivity index (χ0v) is 15.2. The highest BCUT2D eigenvalue weighted by Crippen LogP contribution is 2.26. The SMILES string of the molecule is CCn1cnnc1SCC(=O)N[C@@H](c1ccc(F)cc1)c1cccs1. The van der Waals surface area contributed by atoms with Crippen molar-refractivity contribution in [2.75, 3.05) is 5.75 Å². The summed E-state index contributed by atoms with van der Waals surface area (Å²) < 4.78 is 15.1. The van der Waals surface area contributed by atoms with Gasteiger partial charge in [0.15, 0.2) is 5.16 Å². The van der Waals surface area contributed by atoms with Crippen molar-refractivity contribution in [2.24, 2.45) is 0 Å². The van der Waals surface area contributed by atoms with Crippen LogP contribution in [0.2, 0.25) is 0 Å². The second kappa shape index (κ2) is 8.26. The minimum Gasteiger partial charge on any atom is -0.344 e. The predicted molar refractivity (Wildman–Crippen MR) is 97.1 cm³/mol. The van der Waals surface area contributed by atoms with Crippen LogP contribution < -0.4 is 5.32 Å². The molecule has 0 saturated carbocycles. The van der Waals surface area contributed by atoms with Crippen LogP contribution in [0, 0.1) is 5.82 Å². The molecule has 5 nitrogen and oxygen atoms in total. The molecule has 3 rings (SSSR count). The number of carbonyl (C=O) groups excluding carboxylic acids is 1. The second-order valence-electron chi connectivity index (χ2n) is 5.26. The third kappa shape index (κ3) is 4.46. The highest BCUT2D eigenvalue weighted by atomic mass is 32.2. The molecule has 25 heavy (non-hydrogen) atoms. The molecule has 0 fully saturated rings. The number of benzene rings is 1. The summed E-state index contributed by atoms with van der Waals surface area (Å²) in [5.41, 5.74) is 0.846. The maximum atomic E-state index is 13.2. The first-order valence-corrected chi connectivity index (χ1v) is 9.62. The summed E-state index contributed by atoms with van der Waals surface area (Å²) in [6.45, 7) is 2.75. The van der Waals surface area contributed by atoms with Gasteiger partial charge < -0.3 is 9.88 Å². The first-order chi connectivity index (χ1) is 12.2. The molecular weight excluding hydrogens is 359 g/mol. The summed E-state index contributed by atoms with van der Waals surface area (Å²) >= 11 is 2.90. The summed E-state index contributed by atoms with van der Waals surface area (Å²) in [4.78, 5) is 13.4. The Morgan fingerprint density at radius 2 is 2.16 bits per heavy atom. The maximum Gasteiger partial charge on any atom is 0.231 e. The van der Waals surface area contributed by atoms with Crippen LogP contribution in [-0.2, 0) is 11.3 Å². The van der Waals surface area contributed by atoms with E-state index in [1.807, 2.05) is 29.0 Å². The van der Waals surface area contributed by atoms with Gasteiger partial charge in [-0.25, -0.2) is 4.39 Å². The number of aromatic nitrogens is 3. The minimum absolute atomic E-state index is 0.113. The molecule has 130 valence electrons. The normalized spacial score (nSPS) is 12.1. The molecule has 1 N–H and O–H groups in total.